The van der Waals surface area contributed by atoms with Gasteiger partial charge in [-0.3, -0.25) is 0 Å². The minimum atomic E-state index is -0.522. The summed E-state index contributed by atoms with van der Waals surface area (Å²) in [5.41, 5.74) is 2.59. The molecule has 0 radical (unpaired) electrons. The first-order chi connectivity index (χ1) is 14.9. The Morgan fingerprint density at radius 1 is 1.06 bits per heavy atom. The van der Waals surface area contributed by atoms with Crippen LogP contribution in [0.25, 0.3) is 0 Å². The lowest BCUT2D eigenvalue weighted by Crippen LogP contribution is -2.43. The minimum absolute atomic E-state index is 0.325. The highest BCUT2D eigenvalue weighted by Crippen LogP contribution is 2.38. The van der Waals surface area contributed by atoms with Crippen molar-refractivity contribution in [1.82, 2.24) is 4.90 Å². The van der Waals surface area contributed by atoms with Crippen LogP contribution in [-0.2, 0) is 14.0 Å². The molecule has 1 aliphatic heterocycles. The normalized spacial score (nSPS) is 24.6. The number of esters is 1. The highest BCUT2D eigenvalue weighted by Gasteiger charge is 2.52. The average Bonchev–Trinajstić information content (AvgIpc) is 2.96. The van der Waals surface area contributed by atoms with Gasteiger partial charge in [0, 0.05) is 24.3 Å². The summed E-state index contributed by atoms with van der Waals surface area (Å²) in [4.78, 5) is 17.5. The summed E-state index contributed by atoms with van der Waals surface area (Å²) in [5.74, 6) is -0.325. The second-order valence-corrected chi connectivity index (χ2v) is 10.5. The average molecular weight is 444 g/mol. The molecule has 32 heavy (non-hydrogen) atoms. The number of rotatable bonds is 6. The molecule has 0 bridgehead atoms. The standard InChI is InChI=1S/C25H41BN2O4/c1-10-28(20-13-11-19(12-14-20)27(7)8)22-16-18(15-21(17(22)2)23(29)30-9)26-31-24(3,4)25(5,6)32-26/h15-16,19-20H,10-14H2,1-9H3. The van der Waals surface area contributed by atoms with Crippen molar-refractivity contribution in [3.05, 3.63) is 23.3 Å². The van der Waals surface area contributed by atoms with Gasteiger partial charge in [-0.05, 0) is 104 Å². The van der Waals surface area contributed by atoms with Gasteiger partial charge in [-0.2, -0.15) is 0 Å². The summed E-state index contributed by atoms with van der Waals surface area (Å²) in [7, 11) is 5.25. The third-order valence-electron chi connectivity index (χ3n) is 7.82. The maximum absolute atomic E-state index is 12.7. The van der Waals surface area contributed by atoms with Crippen molar-refractivity contribution in [2.75, 3.05) is 32.6 Å². The maximum atomic E-state index is 12.7. The largest absolute Gasteiger partial charge is 0.494 e. The Balaban J connectivity index is 1.99. The van der Waals surface area contributed by atoms with Crippen molar-refractivity contribution in [3.63, 3.8) is 0 Å². The van der Waals surface area contributed by atoms with Crippen LogP contribution in [0, 0.1) is 6.92 Å². The van der Waals surface area contributed by atoms with E-state index >= 15 is 0 Å². The Labute approximate surface area is 194 Å². The number of anilines is 1. The molecular formula is C25H41BN2O4. The fourth-order valence-corrected chi connectivity index (χ4v) is 4.97. The number of carbonyl (C=O) groups excluding carboxylic acids is 1. The van der Waals surface area contributed by atoms with Gasteiger partial charge in [-0.1, -0.05) is 0 Å². The van der Waals surface area contributed by atoms with E-state index in [1.165, 1.54) is 20.0 Å². The molecule has 178 valence electrons. The Kier molecular flexibility index (Phi) is 7.33. The van der Waals surface area contributed by atoms with E-state index in [0.717, 1.165) is 36.1 Å². The van der Waals surface area contributed by atoms with Crippen LogP contribution < -0.4 is 10.4 Å². The van der Waals surface area contributed by atoms with Crippen LogP contribution in [0.15, 0.2) is 12.1 Å². The Hall–Kier alpha value is -1.57. The Morgan fingerprint density at radius 2 is 1.59 bits per heavy atom. The number of hydrogen-bond donors (Lipinski definition) is 0. The smallest absolute Gasteiger partial charge is 0.465 e. The zero-order valence-corrected chi connectivity index (χ0v) is 21.4. The van der Waals surface area contributed by atoms with Crippen LogP contribution in [-0.4, -0.2) is 69.0 Å². The van der Waals surface area contributed by atoms with Crippen molar-refractivity contribution < 1.29 is 18.8 Å². The molecule has 1 saturated heterocycles. The molecule has 0 spiro atoms. The molecule has 0 aromatic heterocycles. The van der Waals surface area contributed by atoms with E-state index in [2.05, 4.69) is 36.9 Å². The van der Waals surface area contributed by atoms with Gasteiger partial charge in [0.05, 0.1) is 23.9 Å². The summed E-state index contributed by atoms with van der Waals surface area (Å²) in [6, 6.07) is 5.14. The number of carbonyl (C=O) groups is 1. The Morgan fingerprint density at radius 3 is 2.06 bits per heavy atom. The fraction of sp³-hybridized carbons (Fsp3) is 0.720. The predicted octanol–water partition coefficient (Wildman–Crippen LogP) is 3.78. The second kappa shape index (κ2) is 9.36. The number of ether oxygens (including phenoxy) is 1. The quantitative estimate of drug-likeness (QED) is 0.492. The van der Waals surface area contributed by atoms with Crippen LogP contribution in [0.1, 0.15) is 76.2 Å². The van der Waals surface area contributed by atoms with Crippen molar-refractivity contribution in [2.45, 2.75) is 90.5 Å². The zero-order chi connectivity index (χ0) is 23.8. The summed E-state index contributed by atoms with van der Waals surface area (Å²) < 4.78 is 17.8. The minimum Gasteiger partial charge on any atom is -0.465 e. The van der Waals surface area contributed by atoms with Crippen LogP contribution in [0.3, 0.4) is 0 Å². The van der Waals surface area contributed by atoms with Crippen LogP contribution >= 0.6 is 0 Å². The van der Waals surface area contributed by atoms with Crippen LogP contribution in [0.2, 0.25) is 0 Å². The van der Waals surface area contributed by atoms with E-state index in [1.54, 1.807) is 0 Å². The number of benzene rings is 1. The van der Waals surface area contributed by atoms with Crippen LogP contribution in [0.4, 0.5) is 5.69 Å². The molecule has 2 aliphatic rings. The first kappa shape index (κ1) is 25.1. The van der Waals surface area contributed by atoms with Gasteiger partial charge < -0.3 is 23.8 Å². The van der Waals surface area contributed by atoms with Crippen molar-refractivity contribution in [2.24, 2.45) is 0 Å². The molecule has 2 fully saturated rings. The second-order valence-electron chi connectivity index (χ2n) is 10.5. The van der Waals surface area contributed by atoms with Crippen molar-refractivity contribution in [3.8, 4) is 0 Å². The molecule has 0 atom stereocenters. The van der Waals surface area contributed by atoms with E-state index < -0.39 is 18.3 Å². The molecule has 0 amide bonds. The third kappa shape index (κ3) is 4.71. The van der Waals surface area contributed by atoms with E-state index in [9.17, 15) is 4.79 Å². The summed E-state index contributed by atoms with van der Waals surface area (Å²) in [6.07, 6.45) is 4.66. The van der Waals surface area contributed by atoms with E-state index in [-0.39, 0.29) is 5.97 Å². The maximum Gasteiger partial charge on any atom is 0.494 e. The lowest BCUT2D eigenvalue weighted by atomic mass is 9.77. The van der Waals surface area contributed by atoms with Crippen LogP contribution in [0.5, 0.6) is 0 Å². The molecule has 1 aromatic carbocycles. The summed E-state index contributed by atoms with van der Waals surface area (Å²) >= 11 is 0. The SMILES string of the molecule is CCN(c1cc(B2OC(C)(C)C(C)(C)O2)cc(C(=O)OC)c1C)C1CCC(N(C)C)CC1. The van der Waals surface area contributed by atoms with E-state index in [1.807, 2.05) is 40.7 Å². The first-order valence-electron chi connectivity index (χ1n) is 11.9. The molecule has 1 aliphatic carbocycles. The summed E-state index contributed by atoms with van der Waals surface area (Å²) in [5, 5.41) is 0. The van der Waals surface area contributed by atoms with Gasteiger partial charge in [-0.25, -0.2) is 4.79 Å². The van der Waals surface area contributed by atoms with Crippen molar-refractivity contribution in [1.29, 1.82) is 0 Å². The van der Waals surface area contributed by atoms with Gasteiger partial charge >= 0.3 is 13.1 Å². The summed E-state index contributed by atoms with van der Waals surface area (Å²) in [6.45, 7) is 13.3. The lowest BCUT2D eigenvalue weighted by molar-refractivity contribution is 0.00578. The fourth-order valence-electron chi connectivity index (χ4n) is 4.97. The first-order valence-corrected chi connectivity index (χ1v) is 11.9. The topological polar surface area (TPSA) is 51.2 Å². The molecule has 1 heterocycles. The monoisotopic (exact) mass is 444 g/mol. The number of methoxy groups -OCH3 is 1. The highest BCUT2D eigenvalue weighted by molar-refractivity contribution is 6.62. The van der Waals surface area contributed by atoms with Gasteiger partial charge in [0.2, 0.25) is 0 Å². The van der Waals surface area contributed by atoms with Gasteiger partial charge in [-0.15, -0.1) is 0 Å². The predicted molar refractivity (Wildman–Crippen MR) is 131 cm³/mol. The molecule has 7 heteroatoms. The van der Waals surface area contributed by atoms with Crippen molar-refractivity contribution >= 4 is 24.2 Å². The number of nitrogens with zero attached hydrogens (tertiary/aromatic N) is 2. The molecule has 6 nitrogen and oxygen atoms in total. The Bertz CT molecular complexity index is 815. The lowest BCUT2D eigenvalue weighted by Gasteiger charge is -2.40. The number of hydrogen-bond acceptors (Lipinski definition) is 6. The van der Waals surface area contributed by atoms with Gasteiger partial charge in [0.15, 0.2) is 0 Å². The zero-order valence-electron chi connectivity index (χ0n) is 21.4. The molecule has 3 rings (SSSR count). The van der Waals surface area contributed by atoms with Gasteiger partial charge in [0.1, 0.15) is 0 Å². The third-order valence-corrected chi connectivity index (χ3v) is 7.82. The van der Waals surface area contributed by atoms with E-state index in [4.69, 9.17) is 14.0 Å². The molecule has 0 unspecified atom stereocenters. The van der Waals surface area contributed by atoms with Gasteiger partial charge in [0.25, 0.3) is 0 Å². The molecule has 1 saturated carbocycles. The van der Waals surface area contributed by atoms with E-state index in [0.29, 0.717) is 17.6 Å². The molecule has 1 aromatic rings. The molecular weight excluding hydrogens is 403 g/mol. The molecule has 0 N–H and O–H groups in total. The highest BCUT2D eigenvalue weighted by atomic mass is 16.7.